The first kappa shape index (κ1) is 10.4. The zero-order chi connectivity index (χ0) is 10.8. The van der Waals surface area contributed by atoms with Crippen molar-refractivity contribution in [2.75, 3.05) is 0 Å². The molecule has 0 saturated carbocycles. The topological polar surface area (TPSA) is 17.1 Å². The standard InChI is InChI=1S/C12H10ClFO/c13-10-7-3-6-9(11(10)14)12(15)8-4-1-2-5-8/h3-4,6-7H,1-2,5H2. The summed E-state index contributed by atoms with van der Waals surface area (Å²) in [5.41, 5.74) is 0.784. The lowest BCUT2D eigenvalue weighted by Gasteiger charge is -2.04. The number of carbonyl (C=O) groups excluding carboxylic acids is 1. The summed E-state index contributed by atoms with van der Waals surface area (Å²) in [5, 5.41) is -0.000512. The minimum absolute atomic E-state index is 0.000512. The van der Waals surface area contributed by atoms with Crippen molar-refractivity contribution < 1.29 is 9.18 Å². The van der Waals surface area contributed by atoms with E-state index in [0.29, 0.717) is 5.57 Å². The first-order valence-corrected chi connectivity index (χ1v) is 5.25. The Balaban J connectivity index is 2.37. The molecular formula is C12H10ClFO. The lowest BCUT2D eigenvalue weighted by molar-refractivity contribution is 0.102. The Morgan fingerprint density at radius 2 is 2.20 bits per heavy atom. The van der Waals surface area contributed by atoms with E-state index in [4.69, 9.17) is 11.6 Å². The van der Waals surface area contributed by atoms with Crippen LogP contribution in [-0.2, 0) is 0 Å². The summed E-state index contributed by atoms with van der Waals surface area (Å²) in [4.78, 5) is 11.9. The molecule has 0 aromatic heterocycles. The van der Waals surface area contributed by atoms with Gasteiger partial charge < -0.3 is 0 Å². The smallest absolute Gasteiger partial charge is 0.191 e. The van der Waals surface area contributed by atoms with Gasteiger partial charge in [-0.1, -0.05) is 23.7 Å². The van der Waals surface area contributed by atoms with Crippen molar-refractivity contribution in [1.29, 1.82) is 0 Å². The van der Waals surface area contributed by atoms with Crippen LogP contribution in [-0.4, -0.2) is 5.78 Å². The third-order valence-electron chi connectivity index (χ3n) is 2.53. The van der Waals surface area contributed by atoms with Gasteiger partial charge in [-0.15, -0.1) is 0 Å². The quantitative estimate of drug-likeness (QED) is 0.699. The second kappa shape index (κ2) is 4.15. The number of Topliss-reactive ketones (excluding diaryl/α,β-unsaturated/α-hetero) is 1. The average Bonchev–Trinajstić information content (AvgIpc) is 2.74. The normalized spacial score (nSPS) is 15.2. The molecule has 0 fully saturated rings. The highest BCUT2D eigenvalue weighted by molar-refractivity contribution is 6.31. The van der Waals surface area contributed by atoms with Crippen LogP contribution in [0.1, 0.15) is 29.6 Å². The van der Waals surface area contributed by atoms with Gasteiger partial charge >= 0.3 is 0 Å². The molecule has 78 valence electrons. The summed E-state index contributed by atoms with van der Waals surface area (Å²) in [6.07, 6.45) is 4.50. The maximum absolute atomic E-state index is 13.5. The number of allylic oxidation sites excluding steroid dienone is 2. The Bertz CT molecular complexity index is 437. The lowest BCUT2D eigenvalue weighted by atomic mass is 10.0. The minimum atomic E-state index is -0.614. The van der Waals surface area contributed by atoms with Crippen LogP contribution in [0.15, 0.2) is 29.8 Å². The molecule has 15 heavy (non-hydrogen) atoms. The minimum Gasteiger partial charge on any atom is -0.289 e. The number of halogens is 2. The first-order valence-electron chi connectivity index (χ1n) is 4.88. The molecule has 0 heterocycles. The summed E-state index contributed by atoms with van der Waals surface area (Å²) in [6.45, 7) is 0. The van der Waals surface area contributed by atoms with Gasteiger partial charge in [-0.2, -0.15) is 0 Å². The zero-order valence-corrected chi connectivity index (χ0v) is 8.85. The van der Waals surface area contributed by atoms with Crippen LogP contribution in [0.2, 0.25) is 5.02 Å². The average molecular weight is 225 g/mol. The Morgan fingerprint density at radius 3 is 2.87 bits per heavy atom. The lowest BCUT2D eigenvalue weighted by Crippen LogP contribution is -2.04. The molecule has 0 saturated heterocycles. The molecule has 1 aliphatic rings. The molecule has 0 spiro atoms. The number of ketones is 1. The second-order valence-corrected chi connectivity index (χ2v) is 3.96. The fourth-order valence-electron chi connectivity index (χ4n) is 1.73. The van der Waals surface area contributed by atoms with E-state index in [9.17, 15) is 9.18 Å². The molecule has 0 atom stereocenters. The highest BCUT2D eigenvalue weighted by atomic mass is 35.5. The van der Waals surface area contributed by atoms with Crippen molar-refractivity contribution in [3.63, 3.8) is 0 Å². The Kier molecular flexibility index (Phi) is 2.87. The fourth-order valence-corrected chi connectivity index (χ4v) is 1.90. The van der Waals surface area contributed by atoms with Crippen LogP contribution in [0.3, 0.4) is 0 Å². The monoisotopic (exact) mass is 224 g/mol. The van der Waals surface area contributed by atoms with Crippen LogP contribution < -0.4 is 0 Å². The number of rotatable bonds is 2. The molecule has 0 radical (unpaired) electrons. The van der Waals surface area contributed by atoms with E-state index in [-0.39, 0.29) is 16.4 Å². The molecule has 1 aromatic carbocycles. The van der Waals surface area contributed by atoms with Gasteiger partial charge in [0.05, 0.1) is 10.6 Å². The maximum Gasteiger partial charge on any atom is 0.191 e. The number of benzene rings is 1. The largest absolute Gasteiger partial charge is 0.289 e. The molecule has 2 rings (SSSR count). The van der Waals surface area contributed by atoms with Crippen molar-refractivity contribution in [3.8, 4) is 0 Å². The van der Waals surface area contributed by atoms with Gasteiger partial charge in [0, 0.05) is 0 Å². The summed E-state index contributed by atoms with van der Waals surface area (Å²) >= 11 is 5.62. The van der Waals surface area contributed by atoms with Crippen LogP contribution in [0, 0.1) is 5.82 Å². The molecule has 0 unspecified atom stereocenters. The molecule has 1 aliphatic carbocycles. The second-order valence-electron chi connectivity index (χ2n) is 3.55. The van der Waals surface area contributed by atoms with E-state index < -0.39 is 5.82 Å². The van der Waals surface area contributed by atoms with Gasteiger partial charge in [-0.25, -0.2) is 4.39 Å². The SMILES string of the molecule is O=C(C1=CCCC1)c1cccc(Cl)c1F. The van der Waals surface area contributed by atoms with Crippen LogP contribution in [0.4, 0.5) is 4.39 Å². The van der Waals surface area contributed by atoms with Gasteiger partial charge in [-0.3, -0.25) is 4.79 Å². The molecule has 0 aliphatic heterocycles. The summed E-state index contributed by atoms with van der Waals surface area (Å²) in [7, 11) is 0. The Labute approximate surface area is 92.6 Å². The molecule has 1 aromatic rings. The third kappa shape index (κ3) is 1.95. The van der Waals surface area contributed by atoms with E-state index in [2.05, 4.69) is 0 Å². The predicted octanol–water partition coefficient (Wildman–Crippen LogP) is 3.77. The molecule has 3 heteroatoms. The number of hydrogen-bond donors (Lipinski definition) is 0. The predicted molar refractivity (Wildman–Crippen MR) is 57.7 cm³/mol. The van der Waals surface area contributed by atoms with Crippen LogP contribution >= 0.6 is 11.6 Å². The van der Waals surface area contributed by atoms with Crippen LogP contribution in [0.5, 0.6) is 0 Å². The first-order chi connectivity index (χ1) is 7.20. The van der Waals surface area contributed by atoms with E-state index in [0.717, 1.165) is 19.3 Å². The van der Waals surface area contributed by atoms with Crippen molar-refractivity contribution in [2.24, 2.45) is 0 Å². The molecule has 0 amide bonds. The summed E-state index contributed by atoms with van der Waals surface area (Å²) in [6, 6.07) is 4.51. The van der Waals surface area contributed by atoms with E-state index in [1.54, 1.807) is 6.07 Å². The van der Waals surface area contributed by atoms with Gasteiger partial charge in [-0.05, 0) is 37.0 Å². The Morgan fingerprint density at radius 1 is 1.40 bits per heavy atom. The molecule has 0 N–H and O–H groups in total. The zero-order valence-electron chi connectivity index (χ0n) is 8.09. The molecule has 0 bridgehead atoms. The van der Waals surface area contributed by atoms with Crippen molar-refractivity contribution in [2.45, 2.75) is 19.3 Å². The van der Waals surface area contributed by atoms with E-state index in [1.807, 2.05) is 6.08 Å². The Hall–Kier alpha value is -1.15. The summed E-state index contributed by atoms with van der Waals surface area (Å²) in [5.74, 6) is -0.843. The van der Waals surface area contributed by atoms with Crippen molar-refractivity contribution >= 4 is 17.4 Å². The fraction of sp³-hybridized carbons (Fsp3) is 0.250. The van der Waals surface area contributed by atoms with Crippen molar-refractivity contribution in [1.82, 2.24) is 0 Å². The van der Waals surface area contributed by atoms with Gasteiger partial charge in [0.2, 0.25) is 0 Å². The van der Waals surface area contributed by atoms with Crippen LogP contribution in [0.25, 0.3) is 0 Å². The highest BCUT2D eigenvalue weighted by Crippen LogP contribution is 2.25. The van der Waals surface area contributed by atoms with Gasteiger partial charge in [0.25, 0.3) is 0 Å². The van der Waals surface area contributed by atoms with Gasteiger partial charge in [0.15, 0.2) is 11.6 Å². The molecule has 1 nitrogen and oxygen atoms in total. The third-order valence-corrected chi connectivity index (χ3v) is 2.82. The number of hydrogen-bond acceptors (Lipinski definition) is 1. The van der Waals surface area contributed by atoms with E-state index in [1.165, 1.54) is 12.1 Å². The molecular weight excluding hydrogens is 215 g/mol. The number of carbonyl (C=O) groups is 1. The van der Waals surface area contributed by atoms with Crippen molar-refractivity contribution in [3.05, 3.63) is 46.3 Å². The van der Waals surface area contributed by atoms with E-state index >= 15 is 0 Å². The summed E-state index contributed by atoms with van der Waals surface area (Å²) < 4.78 is 13.5. The highest BCUT2D eigenvalue weighted by Gasteiger charge is 2.19. The maximum atomic E-state index is 13.5. The van der Waals surface area contributed by atoms with Gasteiger partial charge in [0.1, 0.15) is 0 Å².